The average Bonchev–Trinajstić information content (AvgIpc) is 2.69. The van der Waals surface area contributed by atoms with Crippen LogP contribution in [0.1, 0.15) is 45.6 Å². The predicted molar refractivity (Wildman–Crippen MR) is 86.7 cm³/mol. The van der Waals surface area contributed by atoms with Crippen molar-refractivity contribution in [2.45, 2.75) is 46.6 Å². The maximum absolute atomic E-state index is 10.3. The second kappa shape index (κ2) is 7.69. The SMILES string of the molecule is CCOc1cccc(CN2CCCC(C(C)C)CC2)c1O. The van der Waals surface area contributed by atoms with Gasteiger partial charge in [-0.05, 0) is 57.2 Å². The standard InChI is InChI=1S/C18H29NO2/c1-4-21-17-9-5-7-16(18(17)20)13-19-11-6-8-15(10-12-19)14(2)3/h5,7,9,14-15,20H,4,6,8,10-13H2,1-3H3. The van der Waals surface area contributed by atoms with Crippen LogP contribution in [0.4, 0.5) is 0 Å². The molecule has 1 unspecified atom stereocenters. The molecular weight excluding hydrogens is 262 g/mol. The van der Waals surface area contributed by atoms with Crippen molar-refractivity contribution >= 4 is 0 Å². The average molecular weight is 291 g/mol. The maximum atomic E-state index is 10.3. The number of hydrogen-bond donors (Lipinski definition) is 1. The van der Waals surface area contributed by atoms with Crippen LogP contribution in [0.15, 0.2) is 18.2 Å². The van der Waals surface area contributed by atoms with Gasteiger partial charge in [0.15, 0.2) is 11.5 Å². The van der Waals surface area contributed by atoms with E-state index in [0.717, 1.165) is 37.0 Å². The van der Waals surface area contributed by atoms with Crippen LogP contribution >= 0.6 is 0 Å². The van der Waals surface area contributed by atoms with E-state index in [1.165, 1.54) is 19.3 Å². The fourth-order valence-electron chi connectivity index (χ4n) is 3.21. The Kier molecular flexibility index (Phi) is 5.92. The van der Waals surface area contributed by atoms with E-state index in [4.69, 9.17) is 4.74 Å². The monoisotopic (exact) mass is 291 g/mol. The highest BCUT2D eigenvalue weighted by Crippen LogP contribution is 2.32. The molecular formula is C18H29NO2. The van der Waals surface area contributed by atoms with Crippen LogP contribution in [0, 0.1) is 11.8 Å². The van der Waals surface area contributed by atoms with Crippen molar-refractivity contribution in [2.24, 2.45) is 11.8 Å². The van der Waals surface area contributed by atoms with Crippen LogP contribution in [0.3, 0.4) is 0 Å². The van der Waals surface area contributed by atoms with Gasteiger partial charge in [0.2, 0.25) is 0 Å². The molecule has 0 aliphatic carbocycles. The van der Waals surface area contributed by atoms with Crippen molar-refractivity contribution in [3.8, 4) is 11.5 Å². The first-order valence-electron chi connectivity index (χ1n) is 8.27. The summed E-state index contributed by atoms with van der Waals surface area (Å²) in [6, 6.07) is 5.80. The number of aromatic hydroxyl groups is 1. The Balaban J connectivity index is 2.00. The van der Waals surface area contributed by atoms with E-state index in [-0.39, 0.29) is 0 Å². The molecule has 0 bridgehead atoms. The van der Waals surface area contributed by atoms with E-state index in [1.54, 1.807) is 0 Å². The number of hydrogen-bond acceptors (Lipinski definition) is 3. The Morgan fingerprint density at radius 3 is 2.81 bits per heavy atom. The molecule has 0 spiro atoms. The summed E-state index contributed by atoms with van der Waals surface area (Å²) in [5, 5.41) is 10.3. The summed E-state index contributed by atoms with van der Waals surface area (Å²) in [5.41, 5.74) is 0.976. The van der Waals surface area contributed by atoms with Crippen molar-refractivity contribution < 1.29 is 9.84 Å². The molecule has 1 aliphatic heterocycles. The van der Waals surface area contributed by atoms with Gasteiger partial charge in [-0.2, -0.15) is 0 Å². The molecule has 1 fully saturated rings. The quantitative estimate of drug-likeness (QED) is 0.888. The number of phenolic OH excluding ortho intramolecular Hbond substituents is 1. The zero-order valence-corrected chi connectivity index (χ0v) is 13.6. The summed E-state index contributed by atoms with van der Waals surface area (Å²) in [7, 11) is 0. The van der Waals surface area contributed by atoms with Gasteiger partial charge in [-0.1, -0.05) is 26.0 Å². The molecule has 1 N–H and O–H groups in total. The first-order valence-corrected chi connectivity index (χ1v) is 8.27. The van der Waals surface area contributed by atoms with E-state index >= 15 is 0 Å². The number of likely N-dealkylation sites (tertiary alicyclic amines) is 1. The van der Waals surface area contributed by atoms with E-state index in [9.17, 15) is 5.11 Å². The van der Waals surface area contributed by atoms with Crippen molar-refractivity contribution in [3.05, 3.63) is 23.8 Å². The Bertz CT molecular complexity index is 445. The molecule has 21 heavy (non-hydrogen) atoms. The van der Waals surface area contributed by atoms with Crippen molar-refractivity contribution in [1.82, 2.24) is 4.90 Å². The maximum Gasteiger partial charge on any atom is 0.162 e. The smallest absolute Gasteiger partial charge is 0.162 e. The molecule has 1 saturated heterocycles. The zero-order valence-electron chi connectivity index (χ0n) is 13.6. The molecule has 1 aromatic carbocycles. The predicted octanol–water partition coefficient (Wildman–Crippen LogP) is 4.05. The number of nitrogens with zero attached hydrogens (tertiary/aromatic N) is 1. The number of ether oxygens (including phenoxy) is 1. The van der Waals surface area contributed by atoms with Crippen molar-refractivity contribution in [3.63, 3.8) is 0 Å². The zero-order chi connectivity index (χ0) is 15.2. The Morgan fingerprint density at radius 1 is 1.29 bits per heavy atom. The van der Waals surface area contributed by atoms with Gasteiger partial charge in [-0.3, -0.25) is 4.90 Å². The minimum atomic E-state index is 0.309. The van der Waals surface area contributed by atoms with Gasteiger partial charge in [0.1, 0.15) is 0 Å². The molecule has 1 atom stereocenters. The number of rotatable bonds is 5. The molecule has 2 rings (SSSR count). The van der Waals surface area contributed by atoms with E-state index in [1.807, 2.05) is 25.1 Å². The van der Waals surface area contributed by atoms with Gasteiger partial charge < -0.3 is 9.84 Å². The van der Waals surface area contributed by atoms with Gasteiger partial charge in [-0.15, -0.1) is 0 Å². The number of benzene rings is 1. The van der Waals surface area contributed by atoms with Crippen molar-refractivity contribution in [2.75, 3.05) is 19.7 Å². The normalized spacial score (nSPS) is 20.5. The summed E-state index contributed by atoms with van der Waals surface area (Å²) in [5.74, 6) is 2.53. The van der Waals surface area contributed by atoms with Gasteiger partial charge in [0.25, 0.3) is 0 Å². The van der Waals surface area contributed by atoms with Crippen molar-refractivity contribution in [1.29, 1.82) is 0 Å². The molecule has 0 amide bonds. The Labute approximate surface area is 128 Å². The fourth-order valence-corrected chi connectivity index (χ4v) is 3.21. The highest BCUT2D eigenvalue weighted by atomic mass is 16.5. The summed E-state index contributed by atoms with van der Waals surface area (Å²) < 4.78 is 5.47. The first-order chi connectivity index (χ1) is 10.1. The second-order valence-electron chi connectivity index (χ2n) is 6.41. The van der Waals surface area contributed by atoms with Crippen LogP contribution in [0.25, 0.3) is 0 Å². The third-order valence-electron chi connectivity index (χ3n) is 4.58. The van der Waals surface area contributed by atoms with Gasteiger partial charge in [0, 0.05) is 12.1 Å². The summed E-state index contributed by atoms with van der Waals surface area (Å²) in [4.78, 5) is 2.47. The summed E-state index contributed by atoms with van der Waals surface area (Å²) >= 11 is 0. The summed E-state index contributed by atoms with van der Waals surface area (Å²) in [6.45, 7) is 10.2. The molecule has 3 heteroatoms. The topological polar surface area (TPSA) is 32.7 Å². The fraction of sp³-hybridized carbons (Fsp3) is 0.667. The van der Waals surface area contributed by atoms with Gasteiger partial charge in [-0.25, -0.2) is 0 Å². The van der Waals surface area contributed by atoms with Crippen LogP contribution in [0.2, 0.25) is 0 Å². The van der Waals surface area contributed by atoms with E-state index in [2.05, 4.69) is 18.7 Å². The highest BCUT2D eigenvalue weighted by molar-refractivity contribution is 5.45. The summed E-state index contributed by atoms with van der Waals surface area (Å²) in [6.07, 6.45) is 3.86. The Morgan fingerprint density at radius 2 is 2.10 bits per heavy atom. The molecule has 118 valence electrons. The second-order valence-corrected chi connectivity index (χ2v) is 6.41. The third-order valence-corrected chi connectivity index (χ3v) is 4.58. The van der Waals surface area contributed by atoms with Crippen LogP contribution in [-0.2, 0) is 6.54 Å². The minimum Gasteiger partial charge on any atom is -0.504 e. The minimum absolute atomic E-state index is 0.309. The van der Waals surface area contributed by atoms with Crippen LogP contribution in [-0.4, -0.2) is 29.7 Å². The van der Waals surface area contributed by atoms with E-state index < -0.39 is 0 Å². The number of para-hydroxylation sites is 1. The lowest BCUT2D eigenvalue weighted by atomic mass is 9.89. The highest BCUT2D eigenvalue weighted by Gasteiger charge is 2.20. The first kappa shape index (κ1) is 16.2. The molecule has 1 aromatic rings. The largest absolute Gasteiger partial charge is 0.504 e. The Hall–Kier alpha value is -1.22. The molecule has 0 aromatic heterocycles. The third kappa shape index (κ3) is 4.37. The molecule has 1 aliphatic rings. The molecule has 1 heterocycles. The van der Waals surface area contributed by atoms with Crippen LogP contribution in [0.5, 0.6) is 11.5 Å². The van der Waals surface area contributed by atoms with E-state index in [0.29, 0.717) is 18.1 Å². The van der Waals surface area contributed by atoms with Gasteiger partial charge >= 0.3 is 0 Å². The number of phenols is 1. The lowest BCUT2D eigenvalue weighted by molar-refractivity contribution is 0.258. The lowest BCUT2D eigenvalue weighted by Crippen LogP contribution is -2.24. The molecule has 0 saturated carbocycles. The van der Waals surface area contributed by atoms with Gasteiger partial charge in [0.05, 0.1) is 6.61 Å². The molecule has 3 nitrogen and oxygen atoms in total. The lowest BCUT2D eigenvalue weighted by Gasteiger charge is -2.22. The molecule has 0 radical (unpaired) electrons. The van der Waals surface area contributed by atoms with Crippen LogP contribution < -0.4 is 4.74 Å².